The summed E-state index contributed by atoms with van der Waals surface area (Å²) in [6.45, 7) is 0. The van der Waals surface area contributed by atoms with Gasteiger partial charge in [-0.3, -0.25) is 4.98 Å². The van der Waals surface area contributed by atoms with E-state index in [1.54, 1.807) is 24.2 Å². The summed E-state index contributed by atoms with van der Waals surface area (Å²) in [6, 6.07) is 3.70. The topological polar surface area (TPSA) is 72.0 Å². The van der Waals surface area contributed by atoms with Crippen molar-refractivity contribution in [2.24, 2.45) is 0 Å². The van der Waals surface area contributed by atoms with Crippen molar-refractivity contribution in [2.75, 3.05) is 11.5 Å². The molecule has 0 spiro atoms. The molecule has 1 saturated heterocycles. The summed E-state index contributed by atoms with van der Waals surface area (Å²) >= 11 is 1.70. The molecule has 0 saturated carbocycles. The van der Waals surface area contributed by atoms with Gasteiger partial charge >= 0.3 is 0 Å². The summed E-state index contributed by atoms with van der Waals surface area (Å²) in [5.74, 6) is 2.56. The summed E-state index contributed by atoms with van der Waals surface area (Å²) in [5.41, 5.74) is 0.822. The average molecular weight is 249 g/mol. The van der Waals surface area contributed by atoms with Crippen molar-refractivity contribution in [2.45, 2.75) is 12.0 Å². The molecular weight excluding hydrogens is 238 g/mol. The second-order valence-electron chi connectivity index (χ2n) is 3.91. The van der Waals surface area contributed by atoms with Crippen LogP contribution in [0.25, 0.3) is 11.4 Å². The van der Waals surface area contributed by atoms with E-state index in [0.717, 1.165) is 17.1 Å². The van der Waals surface area contributed by atoms with Gasteiger partial charge in [-0.1, -0.05) is 5.16 Å². The van der Waals surface area contributed by atoms with E-state index < -0.39 is 0 Å². The number of hydrogen-bond acceptors (Lipinski definition) is 6. The van der Waals surface area contributed by atoms with Crippen molar-refractivity contribution < 1.29 is 9.63 Å². The zero-order valence-electron chi connectivity index (χ0n) is 8.98. The van der Waals surface area contributed by atoms with Crippen molar-refractivity contribution in [3.05, 3.63) is 30.4 Å². The van der Waals surface area contributed by atoms with Crippen molar-refractivity contribution in [3.63, 3.8) is 0 Å². The van der Waals surface area contributed by atoms with Gasteiger partial charge in [-0.05, 0) is 12.1 Å². The maximum atomic E-state index is 9.76. The van der Waals surface area contributed by atoms with E-state index in [0.29, 0.717) is 11.7 Å². The van der Waals surface area contributed by atoms with Gasteiger partial charge in [-0.25, -0.2) is 0 Å². The van der Waals surface area contributed by atoms with Gasteiger partial charge in [-0.2, -0.15) is 16.7 Å². The first-order valence-electron chi connectivity index (χ1n) is 5.34. The van der Waals surface area contributed by atoms with E-state index in [4.69, 9.17) is 4.52 Å². The highest BCUT2D eigenvalue weighted by Crippen LogP contribution is 2.32. The molecule has 2 aromatic heterocycles. The van der Waals surface area contributed by atoms with E-state index in [9.17, 15) is 5.11 Å². The SMILES string of the molecule is OC1CSCC1c1nc(-c2cccnc2)no1. The van der Waals surface area contributed by atoms with E-state index in [1.165, 1.54) is 0 Å². The Balaban J connectivity index is 1.88. The molecule has 88 valence electrons. The molecule has 1 aliphatic heterocycles. The fourth-order valence-electron chi connectivity index (χ4n) is 1.78. The van der Waals surface area contributed by atoms with Crippen LogP contribution >= 0.6 is 11.8 Å². The molecule has 2 unspecified atom stereocenters. The van der Waals surface area contributed by atoms with E-state index in [1.807, 2.05) is 12.1 Å². The quantitative estimate of drug-likeness (QED) is 0.865. The number of rotatable bonds is 2. The van der Waals surface area contributed by atoms with Gasteiger partial charge in [0.25, 0.3) is 0 Å². The molecule has 17 heavy (non-hydrogen) atoms. The van der Waals surface area contributed by atoms with E-state index >= 15 is 0 Å². The van der Waals surface area contributed by atoms with E-state index in [-0.39, 0.29) is 12.0 Å². The average Bonchev–Trinajstić information content (AvgIpc) is 2.98. The Kier molecular flexibility index (Phi) is 2.82. The molecule has 1 aliphatic rings. The third-order valence-electron chi connectivity index (χ3n) is 2.73. The van der Waals surface area contributed by atoms with Crippen molar-refractivity contribution in [1.29, 1.82) is 0 Å². The van der Waals surface area contributed by atoms with Crippen LogP contribution in [-0.2, 0) is 0 Å². The summed E-state index contributed by atoms with van der Waals surface area (Å²) < 4.78 is 5.21. The molecule has 1 N–H and O–H groups in total. The first-order chi connectivity index (χ1) is 8.34. The van der Waals surface area contributed by atoms with Crippen LogP contribution in [0.5, 0.6) is 0 Å². The van der Waals surface area contributed by atoms with Gasteiger partial charge in [-0.15, -0.1) is 0 Å². The number of hydrogen-bond donors (Lipinski definition) is 1. The second-order valence-corrected chi connectivity index (χ2v) is 4.98. The molecule has 2 atom stereocenters. The highest BCUT2D eigenvalue weighted by Gasteiger charge is 2.32. The molecule has 0 aliphatic carbocycles. The minimum absolute atomic E-state index is 0.0436. The van der Waals surface area contributed by atoms with Crippen LogP contribution in [0, 0.1) is 0 Å². The van der Waals surface area contributed by atoms with E-state index in [2.05, 4.69) is 15.1 Å². The molecule has 0 bridgehead atoms. The Morgan fingerprint density at radius 3 is 3.06 bits per heavy atom. The number of aliphatic hydroxyl groups excluding tert-OH is 1. The molecule has 6 heteroatoms. The zero-order chi connectivity index (χ0) is 11.7. The molecule has 0 aromatic carbocycles. The van der Waals surface area contributed by atoms with Crippen LogP contribution in [0.3, 0.4) is 0 Å². The molecule has 0 radical (unpaired) electrons. The molecule has 5 nitrogen and oxygen atoms in total. The smallest absolute Gasteiger partial charge is 0.233 e. The molecular formula is C11H11N3O2S. The third-order valence-corrected chi connectivity index (χ3v) is 3.90. The fraction of sp³-hybridized carbons (Fsp3) is 0.364. The lowest BCUT2D eigenvalue weighted by Crippen LogP contribution is -2.15. The molecule has 3 heterocycles. The standard InChI is InChI=1S/C11H11N3O2S/c15-9-6-17-5-8(9)11-13-10(14-16-11)7-2-1-3-12-4-7/h1-4,8-9,15H,5-6H2. The Morgan fingerprint density at radius 1 is 1.41 bits per heavy atom. The zero-order valence-corrected chi connectivity index (χ0v) is 9.80. The number of aromatic nitrogens is 3. The largest absolute Gasteiger partial charge is 0.391 e. The van der Waals surface area contributed by atoms with Gasteiger partial charge < -0.3 is 9.63 Å². The van der Waals surface area contributed by atoms with Gasteiger partial charge in [0.05, 0.1) is 12.0 Å². The van der Waals surface area contributed by atoms with Gasteiger partial charge in [0.1, 0.15) is 0 Å². The molecule has 1 fully saturated rings. The van der Waals surface area contributed by atoms with Crippen LogP contribution in [0.4, 0.5) is 0 Å². The van der Waals surface area contributed by atoms with Crippen molar-refractivity contribution >= 4 is 11.8 Å². The maximum absolute atomic E-state index is 9.76. The summed E-state index contributed by atoms with van der Waals surface area (Å²) in [4.78, 5) is 8.33. The minimum atomic E-state index is -0.387. The number of nitrogens with zero attached hydrogens (tertiary/aromatic N) is 3. The number of thioether (sulfide) groups is 1. The maximum Gasteiger partial charge on any atom is 0.233 e. The summed E-state index contributed by atoms with van der Waals surface area (Å²) in [5, 5.41) is 13.7. The predicted molar refractivity (Wildman–Crippen MR) is 63.6 cm³/mol. The predicted octanol–water partition coefficient (Wildman–Crippen LogP) is 1.32. The van der Waals surface area contributed by atoms with Gasteiger partial charge in [0.2, 0.25) is 11.7 Å². The summed E-state index contributed by atoms with van der Waals surface area (Å²) in [6.07, 6.45) is 3.00. The molecule has 2 aromatic rings. The Morgan fingerprint density at radius 2 is 2.35 bits per heavy atom. The number of pyridine rings is 1. The summed E-state index contributed by atoms with van der Waals surface area (Å²) in [7, 11) is 0. The number of aliphatic hydroxyl groups is 1. The van der Waals surface area contributed by atoms with Crippen LogP contribution < -0.4 is 0 Å². The van der Waals surface area contributed by atoms with Crippen LogP contribution in [0.1, 0.15) is 11.8 Å². The Bertz CT molecular complexity index is 502. The highest BCUT2D eigenvalue weighted by atomic mass is 32.2. The normalized spacial score (nSPS) is 24.1. The van der Waals surface area contributed by atoms with Crippen LogP contribution in [-0.4, -0.2) is 37.8 Å². The fourth-order valence-corrected chi connectivity index (χ4v) is 3.01. The first kappa shape index (κ1) is 10.7. The Labute approximate surface area is 102 Å². The lowest BCUT2D eigenvalue weighted by Gasteiger charge is -2.06. The lowest BCUT2D eigenvalue weighted by molar-refractivity contribution is 0.164. The van der Waals surface area contributed by atoms with Crippen molar-refractivity contribution in [1.82, 2.24) is 15.1 Å². The third kappa shape index (κ3) is 2.05. The first-order valence-corrected chi connectivity index (χ1v) is 6.50. The van der Waals surface area contributed by atoms with Crippen LogP contribution in [0.2, 0.25) is 0 Å². The van der Waals surface area contributed by atoms with Crippen LogP contribution in [0.15, 0.2) is 29.0 Å². The Hall–Kier alpha value is -1.40. The lowest BCUT2D eigenvalue weighted by atomic mass is 10.1. The highest BCUT2D eigenvalue weighted by molar-refractivity contribution is 7.99. The second kappa shape index (κ2) is 4.46. The minimum Gasteiger partial charge on any atom is -0.391 e. The monoisotopic (exact) mass is 249 g/mol. The molecule has 3 rings (SSSR count). The van der Waals surface area contributed by atoms with Gasteiger partial charge in [0.15, 0.2) is 0 Å². The van der Waals surface area contributed by atoms with Gasteiger partial charge in [0, 0.05) is 29.5 Å². The molecule has 0 amide bonds. The van der Waals surface area contributed by atoms with Crippen molar-refractivity contribution in [3.8, 4) is 11.4 Å².